The minimum Gasteiger partial charge on any atom is -0.258 e. The van der Waals surface area contributed by atoms with Gasteiger partial charge in [0.25, 0.3) is 5.69 Å². The first kappa shape index (κ1) is 12.4. The molecule has 0 amide bonds. The molecule has 5 heteroatoms. The van der Waals surface area contributed by atoms with Crippen molar-refractivity contribution < 1.29 is 4.92 Å². The van der Waals surface area contributed by atoms with Crippen molar-refractivity contribution in [3.63, 3.8) is 0 Å². The molecule has 96 valence electrons. The number of thioether (sulfide) groups is 2. The van der Waals surface area contributed by atoms with Crippen molar-refractivity contribution >= 4 is 29.2 Å². The summed E-state index contributed by atoms with van der Waals surface area (Å²) in [6.45, 7) is 0. The van der Waals surface area contributed by atoms with Gasteiger partial charge < -0.3 is 0 Å². The van der Waals surface area contributed by atoms with E-state index in [-0.39, 0.29) is 4.92 Å². The maximum absolute atomic E-state index is 11.1. The van der Waals surface area contributed by atoms with Gasteiger partial charge in [-0.25, -0.2) is 0 Å². The van der Waals surface area contributed by atoms with Crippen LogP contribution in [0.5, 0.6) is 0 Å². The van der Waals surface area contributed by atoms with E-state index in [9.17, 15) is 10.1 Å². The van der Waals surface area contributed by atoms with Gasteiger partial charge in [-0.05, 0) is 30.3 Å². The van der Waals surface area contributed by atoms with Gasteiger partial charge in [-0.3, -0.25) is 10.1 Å². The van der Waals surface area contributed by atoms with Crippen LogP contribution in [0.25, 0.3) is 0 Å². The van der Waals surface area contributed by atoms with Crippen LogP contribution >= 0.6 is 23.5 Å². The number of rotatable bonds is 2. The molecule has 2 saturated heterocycles. The molecule has 0 aromatic heterocycles. The second kappa shape index (κ2) is 5.13. The lowest BCUT2D eigenvalue weighted by atomic mass is 9.90. The number of benzene rings is 1. The molecule has 0 saturated carbocycles. The van der Waals surface area contributed by atoms with Crippen LogP contribution in [-0.2, 0) is 0 Å². The standard InChI is InChI=1S/C13H15NO2S2/c15-14(16)11-4-2-1-3-9(11)13-10-5-7-17-12(10)6-8-18-13/h1-4,10,12-13H,5-8H2. The average Bonchev–Trinajstić information content (AvgIpc) is 2.86. The molecule has 3 unspecified atom stereocenters. The summed E-state index contributed by atoms with van der Waals surface area (Å²) in [5, 5.41) is 12.2. The third kappa shape index (κ3) is 2.14. The van der Waals surface area contributed by atoms with Crippen molar-refractivity contribution in [3.05, 3.63) is 39.9 Å². The lowest BCUT2D eigenvalue weighted by molar-refractivity contribution is -0.385. The molecule has 0 aliphatic carbocycles. The van der Waals surface area contributed by atoms with Crippen LogP contribution in [0.1, 0.15) is 23.7 Å². The van der Waals surface area contributed by atoms with Gasteiger partial charge in [0.2, 0.25) is 0 Å². The Hall–Kier alpha value is -0.680. The highest BCUT2D eigenvalue weighted by atomic mass is 32.2. The molecule has 1 aromatic rings. The van der Waals surface area contributed by atoms with Crippen LogP contribution in [0.4, 0.5) is 5.69 Å². The summed E-state index contributed by atoms with van der Waals surface area (Å²) >= 11 is 3.96. The molecule has 2 heterocycles. The number of para-hydroxylation sites is 1. The van der Waals surface area contributed by atoms with E-state index in [1.807, 2.05) is 23.9 Å². The SMILES string of the molecule is O=[N+]([O-])c1ccccc1C1SCCC2SCCC21. The maximum Gasteiger partial charge on any atom is 0.273 e. The summed E-state index contributed by atoms with van der Waals surface area (Å²) in [5.74, 6) is 2.97. The predicted molar refractivity (Wildman–Crippen MR) is 77.3 cm³/mol. The first-order valence-corrected chi connectivity index (χ1v) is 8.33. The molecule has 2 fully saturated rings. The van der Waals surface area contributed by atoms with E-state index in [2.05, 4.69) is 11.8 Å². The largest absolute Gasteiger partial charge is 0.273 e. The summed E-state index contributed by atoms with van der Waals surface area (Å²) in [4.78, 5) is 10.9. The molecular formula is C13H15NO2S2. The van der Waals surface area contributed by atoms with E-state index in [0.29, 0.717) is 16.9 Å². The number of nitrogens with zero attached hydrogens (tertiary/aromatic N) is 1. The van der Waals surface area contributed by atoms with Crippen molar-refractivity contribution in [3.8, 4) is 0 Å². The van der Waals surface area contributed by atoms with Crippen molar-refractivity contribution in [2.45, 2.75) is 23.3 Å². The highest BCUT2D eigenvalue weighted by molar-refractivity contribution is 8.01. The Morgan fingerprint density at radius 1 is 1.17 bits per heavy atom. The average molecular weight is 281 g/mol. The van der Waals surface area contributed by atoms with Crippen molar-refractivity contribution in [1.82, 2.24) is 0 Å². The third-order valence-electron chi connectivity index (χ3n) is 3.79. The number of hydrogen-bond acceptors (Lipinski definition) is 4. The second-order valence-corrected chi connectivity index (χ2v) is 7.35. The van der Waals surface area contributed by atoms with E-state index < -0.39 is 0 Å². The van der Waals surface area contributed by atoms with E-state index in [4.69, 9.17) is 0 Å². The van der Waals surface area contributed by atoms with E-state index in [1.54, 1.807) is 12.1 Å². The van der Waals surface area contributed by atoms with Gasteiger partial charge in [-0.15, -0.1) is 0 Å². The molecule has 3 nitrogen and oxygen atoms in total. The smallest absolute Gasteiger partial charge is 0.258 e. The molecule has 0 bridgehead atoms. The zero-order valence-electron chi connectivity index (χ0n) is 9.95. The fourth-order valence-corrected chi connectivity index (χ4v) is 6.34. The Kier molecular flexibility index (Phi) is 3.52. The summed E-state index contributed by atoms with van der Waals surface area (Å²) < 4.78 is 0. The normalized spacial score (nSPS) is 31.0. The molecule has 18 heavy (non-hydrogen) atoms. The van der Waals surface area contributed by atoms with Gasteiger partial charge in [-0.2, -0.15) is 23.5 Å². The summed E-state index contributed by atoms with van der Waals surface area (Å²) in [5.41, 5.74) is 1.23. The highest BCUT2D eigenvalue weighted by Gasteiger charge is 2.40. The monoisotopic (exact) mass is 281 g/mol. The molecule has 2 aliphatic heterocycles. The number of fused-ring (bicyclic) bond motifs is 1. The van der Waals surface area contributed by atoms with Crippen LogP contribution in [0.3, 0.4) is 0 Å². The van der Waals surface area contributed by atoms with Crippen molar-refractivity contribution in [1.29, 1.82) is 0 Å². The predicted octanol–water partition coefficient (Wildman–Crippen LogP) is 3.89. The summed E-state index contributed by atoms with van der Waals surface area (Å²) in [6.07, 6.45) is 2.47. The minimum atomic E-state index is -0.235. The highest BCUT2D eigenvalue weighted by Crippen LogP contribution is 2.53. The number of hydrogen-bond donors (Lipinski definition) is 0. The zero-order valence-corrected chi connectivity index (χ0v) is 11.6. The van der Waals surface area contributed by atoms with Gasteiger partial charge in [0.15, 0.2) is 0 Å². The number of nitro benzene ring substituents is 1. The van der Waals surface area contributed by atoms with Crippen LogP contribution in [0.2, 0.25) is 0 Å². The lowest BCUT2D eigenvalue weighted by Gasteiger charge is -2.32. The van der Waals surface area contributed by atoms with Gasteiger partial charge in [-0.1, -0.05) is 18.2 Å². The van der Waals surface area contributed by atoms with Crippen LogP contribution in [0.15, 0.2) is 24.3 Å². The fourth-order valence-electron chi connectivity index (χ4n) is 2.96. The minimum absolute atomic E-state index is 0.235. The molecule has 2 aliphatic rings. The Morgan fingerprint density at radius 2 is 1.94 bits per heavy atom. The van der Waals surface area contributed by atoms with E-state index in [0.717, 1.165) is 16.6 Å². The van der Waals surface area contributed by atoms with Crippen LogP contribution in [0, 0.1) is 16.0 Å². The summed E-state index contributed by atoms with van der Waals surface area (Å²) in [6, 6.07) is 7.27. The van der Waals surface area contributed by atoms with Crippen LogP contribution < -0.4 is 0 Å². The fraction of sp³-hybridized carbons (Fsp3) is 0.538. The Labute approximate surface area is 115 Å². The zero-order chi connectivity index (χ0) is 12.5. The molecular weight excluding hydrogens is 266 g/mol. The topological polar surface area (TPSA) is 43.1 Å². The molecule has 3 atom stereocenters. The Morgan fingerprint density at radius 3 is 2.78 bits per heavy atom. The first-order chi connectivity index (χ1) is 8.77. The second-order valence-electron chi connectivity index (χ2n) is 4.76. The van der Waals surface area contributed by atoms with Crippen molar-refractivity contribution in [2.75, 3.05) is 11.5 Å². The molecule has 1 aromatic carbocycles. The van der Waals surface area contributed by atoms with E-state index >= 15 is 0 Å². The van der Waals surface area contributed by atoms with Gasteiger partial charge in [0.1, 0.15) is 0 Å². The van der Waals surface area contributed by atoms with Crippen molar-refractivity contribution in [2.24, 2.45) is 5.92 Å². The Balaban J connectivity index is 1.96. The number of nitro groups is 1. The van der Waals surface area contributed by atoms with E-state index in [1.165, 1.54) is 18.6 Å². The third-order valence-corrected chi connectivity index (χ3v) is 6.71. The first-order valence-electron chi connectivity index (χ1n) is 6.24. The van der Waals surface area contributed by atoms with Crippen LogP contribution in [-0.4, -0.2) is 21.7 Å². The molecule has 0 radical (unpaired) electrons. The quantitative estimate of drug-likeness (QED) is 0.609. The lowest BCUT2D eigenvalue weighted by Crippen LogP contribution is -2.24. The van der Waals surface area contributed by atoms with Gasteiger partial charge in [0, 0.05) is 22.1 Å². The maximum atomic E-state index is 11.1. The Bertz CT molecular complexity index is 466. The molecule has 0 spiro atoms. The van der Waals surface area contributed by atoms with Gasteiger partial charge in [0.05, 0.1) is 4.92 Å². The molecule has 3 rings (SSSR count). The summed E-state index contributed by atoms with van der Waals surface area (Å²) in [7, 11) is 0. The molecule has 0 N–H and O–H groups in total. The van der Waals surface area contributed by atoms with Gasteiger partial charge >= 0.3 is 0 Å².